The van der Waals surface area contributed by atoms with Gasteiger partial charge in [0.25, 0.3) is 0 Å². The Morgan fingerprint density at radius 1 is 1.52 bits per heavy atom. The molecule has 1 fully saturated rings. The quantitative estimate of drug-likeness (QED) is 0.845. The van der Waals surface area contributed by atoms with Crippen LogP contribution < -0.4 is 5.32 Å². The van der Waals surface area contributed by atoms with E-state index in [-0.39, 0.29) is 11.4 Å². The lowest BCUT2D eigenvalue weighted by molar-refractivity contribution is 0.0696. The molecule has 4 nitrogen and oxygen atoms in total. The third kappa shape index (κ3) is 4.25. The minimum atomic E-state index is -1.03. The van der Waals surface area contributed by atoms with E-state index in [1.165, 1.54) is 18.2 Å². The first-order valence-electron chi connectivity index (χ1n) is 7.44. The highest BCUT2D eigenvalue weighted by atomic mass is 19.1. The van der Waals surface area contributed by atoms with Gasteiger partial charge in [-0.15, -0.1) is 0 Å². The van der Waals surface area contributed by atoms with Crippen molar-refractivity contribution in [3.63, 3.8) is 0 Å². The molecule has 5 heteroatoms. The summed E-state index contributed by atoms with van der Waals surface area (Å²) < 4.78 is 13.7. The highest BCUT2D eigenvalue weighted by molar-refractivity contribution is 5.87. The van der Waals surface area contributed by atoms with Crippen LogP contribution in [0.3, 0.4) is 0 Å². The molecule has 2 rings (SSSR count). The molecule has 0 spiro atoms. The molecule has 1 aromatic carbocycles. The summed E-state index contributed by atoms with van der Waals surface area (Å²) in [4.78, 5) is 13.3. The lowest BCUT2D eigenvalue weighted by Crippen LogP contribution is -2.30. The minimum absolute atomic E-state index is 0.125. The zero-order valence-electron chi connectivity index (χ0n) is 12.6. The molecule has 1 unspecified atom stereocenters. The second-order valence-corrected chi connectivity index (χ2v) is 5.99. The van der Waals surface area contributed by atoms with E-state index in [0.29, 0.717) is 24.1 Å². The first kappa shape index (κ1) is 15.9. The minimum Gasteiger partial charge on any atom is -0.478 e. The summed E-state index contributed by atoms with van der Waals surface area (Å²) >= 11 is 0. The van der Waals surface area contributed by atoms with E-state index in [4.69, 9.17) is 5.11 Å². The molecule has 1 aliphatic heterocycles. The molecule has 1 heterocycles. The van der Waals surface area contributed by atoms with Gasteiger partial charge in [-0.25, -0.2) is 9.18 Å². The van der Waals surface area contributed by atoms with Crippen LogP contribution in [0, 0.1) is 11.7 Å². The third-order valence-corrected chi connectivity index (χ3v) is 4.09. The molecule has 0 aliphatic carbocycles. The highest BCUT2D eigenvalue weighted by Gasteiger charge is 2.23. The van der Waals surface area contributed by atoms with Gasteiger partial charge in [0.15, 0.2) is 0 Å². The Morgan fingerprint density at radius 3 is 2.90 bits per heavy atom. The maximum absolute atomic E-state index is 13.7. The number of nitrogens with zero attached hydrogens (tertiary/aromatic N) is 1. The SMILES string of the molecule is CC(C)N1CCC(CNCc2cc(C(=O)O)ccc2F)C1. The van der Waals surface area contributed by atoms with Gasteiger partial charge in [-0.3, -0.25) is 0 Å². The Labute approximate surface area is 125 Å². The second-order valence-electron chi connectivity index (χ2n) is 5.99. The smallest absolute Gasteiger partial charge is 0.335 e. The fraction of sp³-hybridized carbons (Fsp3) is 0.562. The zero-order chi connectivity index (χ0) is 15.4. The zero-order valence-corrected chi connectivity index (χ0v) is 12.6. The van der Waals surface area contributed by atoms with Gasteiger partial charge in [-0.1, -0.05) is 0 Å². The molecule has 2 N–H and O–H groups in total. The molecule has 0 aromatic heterocycles. The van der Waals surface area contributed by atoms with Crippen LogP contribution in [0.25, 0.3) is 0 Å². The second kappa shape index (κ2) is 7.00. The van der Waals surface area contributed by atoms with Crippen molar-refractivity contribution in [3.05, 3.63) is 35.1 Å². The van der Waals surface area contributed by atoms with Crippen molar-refractivity contribution in [1.29, 1.82) is 0 Å². The number of likely N-dealkylation sites (tertiary alicyclic amines) is 1. The monoisotopic (exact) mass is 294 g/mol. The third-order valence-electron chi connectivity index (χ3n) is 4.09. The van der Waals surface area contributed by atoms with Gasteiger partial charge >= 0.3 is 5.97 Å². The number of halogens is 1. The van der Waals surface area contributed by atoms with Crippen molar-refractivity contribution in [3.8, 4) is 0 Å². The molecule has 21 heavy (non-hydrogen) atoms. The summed E-state index contributed by atoms with van der Waals surface area (Å²) in [5.41, 5.74) is 0.536. The first-order chi connectivity index (χ1) is 9.97. The number of carbonyl (C=O) groups is 1. The molecule has 1 aliphatic rings. The molecule has 1 atom stereocenters. The van der Waals surface area contributed by atoms with Crippen molar-refractivity contribution < 1.29 is 14.3 Å². The van der Waals surface area contributed by atoms with Crippen molar-refractivity contribution in [2.45, 2.75) is 32.9 Å². The number of carboxylic acid groups (broad SMARTS) is 1. The summed E-state index contributed by atoms with van der Waals surface area (Å²) in [6, 6.07) is 4.48. The maximum Gasteiger partial charge on any atom is 0.335 e. The van der Waals surface area contributed by atoms with Crippen molar-refractivity contribution >= 4 is 5.97 Å². The lowest BCUT2D eigenvalue weighted by atomic mass is 10.1. The maximum atomic E-state index is 13.7. The average Bonchev–Trinajstić information content (AvgIpc) is 2.89. The molecule has 0 bridgehead atoms. The summed E-state index contributed by atoms with van der Waals surface area (Å²) in [5.74, 6) is -0.805. The summed E-state index contributed by atoms with van der Waals surface area (Å²) in [6.45, 7) is 7.78. The number of rotatable bonds is 6. The Morgan fingerprint density at radius 2 is 2.29 bits per heavy atom. The molecule has 0 radical (unpaired) electrons. The van der Waals surface area contributed by atoms with E-state index < -0.39 is 5.97 Å². The predicted octanol–water partition coefficient (Wildman–Crippen LogP) is 2.34. The number of carboxylic acids is 1. The van der Waals surface area contributed by atoms with Crippen LogP contribution in [-0.2, 0) is 6.54 Å². The summed E-state index contributed by atoms with van der Waals surface area (Å²) in [5, 5.41) is 12.2. The molecule has 0 amide bonds. The molecule has 1 aromatic rings. The van der Waals surface area contributed by atoms with E-state index in [1.54, 1.807) is 0 Å². The van der Waals surface area contributed by atoms with Gasteiger partial charge in [-0.2, -0.15) is 0 Å². The van der Waals surface area contributed by atoms with E-state index in [1.807, 2.05) is 0 Å². The van der Waals surface area contributed by atoms with Crippen LogP contribution in [0.5, 0.6) is 0 Å². The van der Waals surface area contributed by atoms with Gasteiger partial charge < -0.3 is 15.3 Å². The first-order valence-corrected chi connectivity index (χ1v) is 7.44. The Hall–Kier alpha value is -1.46. The summed E-state index contributed by atoms with van der Waals surface area (Å²) in [7, 11) is 0. The fourth-order valence-corrected chi connectivity index (χ4v) is 2.75. The molecular formula is C16H23FN2O2. The van der Waals surface area contributed by atoms with Crippen LogP contribution in [0.2, 0.25) is 0 Å². The van der Waals surface area contributed by atoms with E-state index in [9.17, 15) is 9.18 Å². The topological polar surface area (TPSA) is 52.6 Å². The average molecular weight is 294 g/mol. The van der Waals surface area contributed by atoms with Crippen LogP contribution >= 0.6 is 0 Å². The van der Waals surface area contributed by atoms with E-state index in [0.717, 1.165) is 26.1 Å². The number of hydrogen-bond acceptors (Lipinski definition) is 3. The van der Waals surface area contributed by atoms with Crippen molar-refractivity contribution in [2.75, 3.05) is 19.6 Å². The highest BCUT2D eigenvalue weighted by Crippen LogP contribution is 2.18. The van der Waals surface area contributed by atoms with Gasteiger partial charge in [0, 0.05) is 24.7 Å². The number of aromatic carboxylic acids is 1. The summed E-state index contributed by atoms with van der Waals surface area (Å²) in [6.07, 6.45) is 1.16. The molecular weight excluding hydrogens is 271 g/mol. The fourth-order valence-electron chi connectivity index (χ4n) is 2.75. The lowest BCUT2D eigenvalue weighted by Gasteiger charge is -2.20. The van der Waals surface area contributed by atoms with Crippen LogP contribution in [-0.4, -0.2) is 41.7 Å². The Kier molecular flexibility index (Phi) is 5.31. The van der Waals surface area contributed by atoms with Gasteiger partial charge in [0.2, 0.25) is 0 Å². The molecule has 1 saturated heterocycles. The van der Waals surface area contributed by atoms with Crippen molar-refractivity contribution in [1.82, 2.24) is 10.2 Å². The van der Waals surface area contributed by atoms with Crippen molar-refractivity contribution in [2.24, 2.45) is 5.92 Å². The van der Waals surface area contributed by atoms with E-state index in [2.05, 4.69) is 24.1 Å². The largest absolute Gasteiger partial charge is 0.478 e. The van der Waals surface area contributed by atoms with Gasteiger partial charge in [0.05, 0.1) is 5.56 Å². The normalized spacial score (nSPS) is 19.3. The standard InChI is InChI=1S/C16H23FN2O2/c1-11(2)19-6-5-12(10-19)8-18-9-14-7-13(16(20)21)3-4-15(14)17/h3-4,7,11-12,18H,5-6,8-10H2,1-2H3,(H,20,21). The van der Waals surface area contributed by atoms with E-state index >= 15 is 0 Å². The van der Waals surface area contributed by atoms with Gasteiger partial charge in [-0.05, 0) is 57.5 Å². The predicted molar refractivity (Wildman–Crippen MR) is 79.9 cm³/mol. The van der Waals surface area contributed by atoms with Gasteiger partial charge in [0.1, 0.15) is 5.82 Å². The Bertz CT molecular complexity index is 505. The number of nitrogens with one attached hydrogen (secondary N) is 1. The van der Waals surface area contributed by atoms with Crippen LogP contribution in [0.1, 0.15) is 36.2 Å². The van der Waals surface area contributed by atoms with Crippen LogP contribution in [0.4, 0.5) is 4.39 Å². The molecule has 0 saturated carbocycles. The Balaban J connectivity index is 1.84. The molecule has 116 valence electrons. The number of benzene rings is 1. The van der Waals surface area contributed by atoms with Crippen LogP contribution in [0.15, 0.2) is 18.2 Å². The number of hydrogen-bond donors (Lipinski definition) is 2.